The fourth-order valence-corrected chi connectivity index (χ4v) is 4.96. The summed E-state index contributed by atoms with van der Waals surface area (Å²) in [6.45, 7) is 5.75. The van der Waals surface area contributed by atoms with Crippen LogP contribution >= 0.6 is 27.3 Å². The quantitative estimate of drug-likeness (QED) is 0.724. The summed E-state index contributed by atoms with van der Waals surface area (Å²) in [7, 11) is 0. The molecule has 0 spiro atoms. The van der Waals surface area contributed by atoms with E-state index < -0.39 is 0 Å². The molecule has 1 aliphatic carbocycles. The Labute approximate surface area is 123 Å². The van der Waals surface area contributed by atoms with Gasteiger partial charge >= 0.3 is 0 Å². The third kappa shape index (κ3) is 3.00. The standard InChI is InChI=1S/C15H24BrNS/c1-3-11-17-14(12-7-8-13(16)18-12)15(4-2)9-5-6-10-15/h7-8,14,17H,3-6,9-11H2,1-2H3. The van der Waals surface area contributed by atoms with Gasteiger partial charge in [-0.3, -0.25) is 0 Å². The normalized spacial score (nSPS) is 20.2. The molecule has 0 aliphatic heterocycles. The van der Waals surface area contributed by atoms with Crippen LogP contribution < -0.4 is 5.32 Å². The lowest BCUT2D eigenvalue weighted by Gasteiger charge is -2.37. The lowest BCUT2D eigenvalue weighted by Crippen LogP contribution is -2.36. The van der Waals surface area contributed by atoms with Crippen LogP contribution in [0.4, 0.5) is 0 Å². The highest BCUT2D eigenvalue weighted by molar-refractivity contribution is 9.11. The van der Waals surface area contributed by atoms with E-state index in [0.717, 1.165) is 6.54 Å². The molecule has 0 bridgehead atoms. The van der Waals surface area contributed by atoms with Crippen molar-refractivity contribution in [3.05, 3.63) is 20.8 Å². The number of hydrogen-bond acceptors (Lipinski definition) is 2. The molecule has 0 radical (unpaired) electrons. The summed E-state index contributed by atoms with van der Waals surface area (Å²) in [5.41, 5.74) is 0.499. The molecule has 2 rings (SSSR count). The van der Waals surface area contributed by atoms with Crippen molar-refractivity contribution in [3.63, 3.8) is 0 Å². The summed E-state index contributed by atoms with van der Waals surface area (Å²) >= 11 is 5.51. The molecule has 3 heteroatoms. The Hall–Kier alpha value is 0.140. The lowest BCUT2D eigenvalue weighted by atomic mass is 9.75. The first-order valence-corrected chi connectivity index (χ1v) is 8.81. The van der Waals surface area contributed by atoms with E-state index >= 15 is 0 Å². The molecule has 0 amide bonds. The first-order valence-electron chi connectivity index (χ1n) is 7.20. The van der Waals surface area contributed by atoms with Crippen LogP contribution in [-0.4, -0.2) is 6.54 Å². The van der Waals surface area contributed by atoms with E-state index in [9.17, 15) is 0 Å². The summed E-state index contributed by atoms with van der Waals surface area (Å²) in [5.74, 6) is 0. The fourth-order valence-electron chi connectivity index (χ4n) is 3.32. The van der Waals surface area contributed by atoms with Gasteiger partial charge in [-0.25, -0.2) is 0 Å². The van der Waals surface area contributed by atoms with Crippen LogP contribution in [0.25, 0.3) is 0 Å². The molecular weight excluding hydrogens is 306 g/mol. The predicted molar refractivity (Wildman–Crippen MR) is 84.2 cm³/mol. The molecule has 0 aromatic carbocycles. The second kappa shape index (κ2) is 6.53. The summed E-state index contributed by atoms with van der Waals surface area (Å²) < 4.78 is 1.25. The van der Waals surface area contributed by atoms with Crippen LogP contribution in [0, 0.1) is 5.41 Å². The van der Waals surface area contributed by atoms with E-state index in [2.05, 4.69) is 47.2 Å². The van der Waals surface area contributed by atoms with Crippen molar-refractivity contribution < 1.29 is 0 Å². The van der Waals surface area contributed by atoms with Gasteiger partial charge in [-0.15, -0.1) is 11.3 Å². The maximum atomic E-state index is 3.82. The van der Waals surface area contributed by atoms with E-state index in [4.69, 9.17) is 0 Å². The van der Waals surface area contributed by atoms with Crippen LogP contribution in [-0.2, 0) is 0 Å². The number of hydrogen-bond donors (Lipinski definition) is 1. The molecule has 1 aromatic rings. The highest BCUT2D eigenvalue weighted by Gasteiger charge is 2.40. The predicted octanol–water partition coefficient (Wildman–Crippen LogP) is 5.52. The number of nitrogens with one attached hydrogen (secondary N) is 1. The second-order valence-corrected chi connectivity index (χ2v) is 7.95. The van der Waals surface area contributed by atoms with Gasteiger partial charge in [-0.1, -0.05) is 26.7 Å². The minimum Gasteiger partial charge on any atom is -0.309 e. The number of thiophene rings is 1. The monoisotopic (exact) mass is 329 g/mol. The van der Waals surface area contributed by atoms with Crippen LogP contribution in [0.3, 0.4) is 0 Å². The van der Waals surface area contributed by atoms with Gasteiger partial charge in [-0.2, -0.15) is 0 Å². The smallest absolute Gasteiger partial charge is 0.0701 e. The Morgan fingerprint density at radius 3 is 2.56 bits per heavy atom. The first-order chi connectivity index (χ1) is 8.72. The molecule has 1 atom stereocenters. The van der Waals surface area contributed by atoms with Gasteiger partial charge in [0.2, 0.25) is 0 Å². The van der Waals surface area contributed by atoms with Gasteiger partial charge in [-0.05, 0) is 65.7 Å². The van der Waals surface area contributed by atoms with Crippen molar-refractivity contribution in [1.29, 1.82) is 0 Å². The average molecular weight is 330 g/mol. The van der Waals surface area contributed by atoms with Crippen LogP contribution in [0.15, 0.2) is 15.9 Å². The summed E-state index contributed by atoms with van der Waals surface area (Å²) in [4.78, 5) is 1.51. The van der Waals surface area contributed by atoms with Crippen molar-refractivity contribution in [2.75, 3.05) is 6.54 Å². The Balaban J connectivity index is 2.23. The van der Waals surface area contributed by atoms with E-state index in [0.29, 0.717) is 11.5 Å². The maximum Gasteiger partial charge on any atom is 0.0701 e. The zero-order chi connectivity index (χ0) is 13.0. The molecule has 1 heterocycles. The van der Waals surface area contributed by atoms with Crippen molar-refractivity contribution in [2.45, 2.75) is 58.4 Å². The molecular formula is C15H24BrNS. The van der Waals surface area contributed by atoms with Gasteiger partial charge in [0.15, 0.2) is 0 Å². The van der Waals surface area contributed by atoms with Gasteiger partial charge in [0, 0.05) is 10.9 Å². The Kier molecular flexibility index (Phi) is 5.28. The zero-order valence-corrected chi connectivity index (χ0v) is 13.9. The maximum absolute atomic E-state index is 3.82. The first kappa shape index (κ1) is 14.5. The van der Waals surface area contributed by atoms with E-state index in [1.54, 1.807) is 0 Å². The molecule has 1 saturated carbocycles. The SMILES string of the molecule is CCCNC(c1ccc(Br)s1)C1(CC)CCCC1. The summed E-state index contributed by atoms with van der Waals surface area (Å²) in [6, 6.07) is 5.05. The summed E-state index contributed by atoms with van der Waals surface area (Å²) in [6.07, 6.45) is 8.10. The molecule has 1 nitrogen and oxygen atoms in total. The van der Waals surface area contributed by atoms with Crippen molar-refractivity contribution in [2.24, 2.45) is 5.41 Å². The van der Waals surface area contributed by atoms with Gasteiger partial charge in [0.1, 0.15) is 0 Å². The Morgan fingerprint density at radius 2 is 2.06 bits per heavy atom. The van der Waals surface area contributed by atoms with Gasteiger partial charge in [0.25, 0.3) is 0 Å². The molecule has 18 heavy (non-hydrogen) atoms. The molecule has 102 valence electrons. The molecule has 1 fully saturated rings. The molecule has 0 saturated heterocycles. The zero-order valence-electron chi connectivity index (χ0n) is 11.5. The van der Waals surface area contributed by atoms with Crippen LogP contribution in [0.2, 0.25) is 0 Å². The number of halogens is 1. The summed E-state index contributed by atoms with van der Waals surface area (Å²) in [5, 5.41) is 3.82. The highest BCUT2D eigenvalue weighted by Crippen LogP contribution is 2.51. The van der Waals surface area contributed by atoms with Crippen molar-refractivity contribution >= 4 is 27.3 Å². The van der Waals surface area contributed by atoms with E-state index in [1.807, 2.05) is 11.3 Å². The van der Waals surface area contributed by atoms with Gasteiger partial charge < -0.3 is 5.32 Å². The fraction of sp³-hybridized carbons (Fsp3) is 0.733. The Morgan fingerprint density at radius 1 is 1.33 bits per heavy atom. The Bertz CT molecular complexity index is 368. The average Bonchev–Trinajstić information content (AvgIpc) is 3.00. The van der Waals surface area contributed by atoms with Crippen molar-refractivity contribution in [1.82, 2.24) is 5.32 Å². The minimum absolute atomic E-state index is 0.499. The molecule has 1 aliphatic rings. The highest BCUT2D eigenvalue weighted by atomic mass is 79.9. The van der Waals surface area contributed by atoms with E-state index in [-0.39, 0.29) is 0 Å². The minimum atomic E-state index is 0.499. The largest absolute Gasteiger partial charge is 0.309 e. The number of rotatable bonds is 6. The third-order valence-corrected chi connectivity index (χ3v) is 6.08. The molecule has 1 N–H and O–H groups in total. The molecule has 1 unspecified atom stereocenters. The van der Waals surface area contributed by atoms with Crippen LogP contribution in [0.5, 0.6) is 0 Å². The lowest BCUT2D eigenvalue weighted by molar-refractivity contribution is 0.190. The van der Waals surface area contributed by atoms with E-state index in [1.165, 1.54) is 47.2 Å². The third-order valence-electron chi connectivity index (χ3n) is 4.39. The van der Waals surface area contributed by atoms with Crippen molar-refractivity contribution in [3.8, 4) is 0 Å². The molecule has 1 aromatic heterocycles. The van der Waals surface area contributed by atoms with Gasteiger partial charge in [0.05, 0.1) is 3.79 Å². The second-order valence-electron chi connectivity index (χ2n) is 5.45. The topological polar surface area (TPSA) is 12.0 Å². The van der Waals surface area contributed by atoms with Crippen LogP contribution in [0.1, 0.15) is 63.3 Å².